The van der Waals surface area contributed by atoms with Gasteiger partial charge in [0.15, 0.2) is 11.5 Å². The molecule has 7 heteroatoms. The van der Waals surface area contributed by atoms with E-state index >= 15 is 0 Å². The van der Waals surface area contributed by atoms with Crippen molar-refractivity contribution in [2.45, 2.75) is 13.8 Å². The molecule has 1 aliphatic heterocycles. The van der Waals surface area contributed by atoms with Gasteiger partial charge >= 0.3 is 0 Å². The minimum Gasteiger partial charge on any atom is -0.454 e. The molecule has 1 aromatic carbocycles. The van der Waals surface area contributed by atoms with E-state index in [4.69, 9.17) is 15.2 Å². The van der Waals surface area contributed by atoms with Crippen molar-refractivity contribution < 1.29 is 14.3 Å². The molecule has 0 atom stereocenters. The van der Waals surface area contributed by atoms with Gasteiger partial charge in [0.25, 0.3) is 5.91 Å². The number of amides is 1. The van der Waals surface area contributed by atoms with Crippen LogP contribution in [0.5, 0.6) is 11.5 Å². The molecule has 2 aromatic rings. The molecule has 0 saturated carbocycles. The zero-order chi connectivity index (χ0) is 17.3. The predicted octanol–water partition coefficient (Wildman–Crippen LogP) is 2.60. The van der Waals surface area contributed by atoms with Crippen LogP contribution in [0, 0.1) is 5.41 Å². The summed E-state index contributed by atoms with van der Waals surface area (Å²) >= 11 is 1.44. The molecule has 0 spiro atoms. The van der Waals surface area contributed by atoms with E-state index in [2.05, 4.69) is 4.98 Å². The van der Waals surface area contributed by atoms with Crippen LogP contribution in [0.3, 0.4) is 0 Å². The topological polar surface area (TPSA) is 77.7 Å². The highest BCUT2D eigenvalue weighted by Gasteiger charge is 2.24. The number of rotatable bonds is 5. The van der Waals surface area contributed by atoms with E-state index in [-0.39, 0.29) is 18.1 Å². The summed E-state index contributed by atoms with van der Waals surface area (Å²) in [7, 11) is 1.78. The molecule has 0 radical (unpaired) electrons. The summed E-state index contributed by atoms with van der Waals surface area (Å²) in [4.78, 5) is 18.7. The first-order chi connectivity index (χ1) is 11.4. The smallest absolute Gasteiger partial charge is 0.273 e. The maximum absolute atomic E-state index is 12.6. The summed E-state index contributed by atoms with van der Waals surface area (Å²) in [6.07, 6.45) is 0. The first-order valence-corrected chi connectivity index (χ1v) is 8.59. The van der Waals surface area contributed by atoms with Crippen molar-refractivity contribution in [1.82, 2.24) is 9.88 Å². The van der Waals surface area contributed by atoms with Gasteiger partial charge in [-0.15, -0.1) is 11.3 Å². The lowest BCUT2D eigenvalue weighted by atomic mass is 9.93. The highest BCUT2D eigenvalue weighted by Crippen LogP contribution is 2.36. The van der Waals surface area contributed by atoms with Crippen LogP contribution >= 0.6 is 11.3 Å². The van der Waals surface area contributed by atoms with Crippen LogP contribution in [0.15, 0.2) is 23.6 Å². The minimum atomic E-state index is -0.124. The van der Waals surface area contributed by atoms with E-state index in [9.17, 15) is 4.79 Å². The molecule has 0 unspecified atom stereocenters. The zero-order valence-electron chi connectivity index (χ0n) is 14.0. The molecule has 0 bridgehead atoms. The average molecular weight is 347 g/mol. The number of nitrogens with zero attached hydrogens (tertiary/aromatic N) is 2. The van der Waals surface area contributed by atoms with Crippen molar-refractivity contribution in [3.63, 3.8) is 0 Å². The number of carbonyl (C=O) groups excluding carboxylic acids is 1. The summed E-state index contributed by atoms with van der Waals surface area (Å²) in [6, 6.07) is 5.66. The lowest BCUT2D eigenvalue weighted by molar-refractivity contribution is 0.0735. The molecular formula is C17H21N3O3S. The number of benzene rings is 1. The van der Waals surface area contributed by atoms with Crippen molar-refractivity contribution in [2.75, 3.05) is 26.9 Å². The van der Waals surface area contributed by atoms with E-state index in [0.29, 0.717) is 24.5 Å². The maximum atomic E-state index is 12.6. The Morgan fingerprint density at radius 3 is 2.88 bits per heavy atom. The molecule has 0 aliphatic carbocycles. The van der Waals surface area contributed by atoms with E-state index in [1.165, 1.54) is 11.3 Å². The second-order valence-corrected chi connectivity index (χ2v) is 7.49. The standard InChI is InChI=1S/C17H21N3O3S/c1-17(2,8-18)9-20(3)16(21)12-7-24-15(19-12)11-4-5-13-14(6-11)23-10-22-13/h4-7H,8-10,18H2,1-3H3. The van der Waals surface area contributed by atoms with Gasteiger partial charge in [0.05, 0.1) is 0 Å². The van der Waals surface area contributed by atoms with Crippen LogP contribution in [0.2, 0.25) is 0 Å². The van der Waals surface area contributed by atoms with Gasteiger partial charge in [0, 0.05) is 24.5 Å². The Morgan fingerprint density at radius 1 is 1.38 bits per heavy atom. The van der Waals surface area contributed by atoms with Gasteiger partial charge in [-0.3, -0.25) is 4.79 Å². The first kappa shape index (κ1) is 16.7. The minimum absolute atomic E-state index is 0.0974. The fourth-order valence-electron chi connectivity index (χ4n) is 2.51. The van der Waals surface area contributed by atoms with Gasteiger partial charge in [-0.25, -0.2) is 4.98 Å². The molecule has 2 N–H and O–H groups in total. The number of hydrogen-bond donors (Lipinski definition) is 1. The molecule has 2 heterocycles. The lowest BCUT2D eigenvalue weighted by Crippen LogP contribution is -2.39. The largest absolute Gasteiger partial charge is 0.454 e. The third-order valence-electron chi connectivity index (χ3n) is 3.91. The number of hydrogen-bond acceptors (Lipinski definition) is 6. The van der Waals surface area contributed by atoms with E-state index < -0.39 is 0 Å². The Morgan fingerprint density at radius 2 is 2.12 bits per heavy atom. The zero-order valence-corrected chi connectivity index (χ0v) is 14.9. The fraction of sp³-hybridized carbons (Fsp3) is 0.412. The van der Waals surface area contributed by atoms with Crippen molar-refractivity contribution in [2.24, 2.45) is 11.1 Å². The monoisotopic (exact) mass is 347 g/mol. The van der Waals surface area contributed by atoms with Crippen LogP contribution < -0.4 is 15.2 Å². The number of ether oxygens (including phenoxy) is 2. The van der Waals surface area contributed by atoms with E-state index in [1.807, 2.05) is 32.0 Å². The highest BCUT2D eigenvalue weighted by molar-refractivity contribution is 7.13. The van der Waals surface area contributed by atoms with Crippen LogP contribution in [0.25, 0.3) is 10.6 Å². The van der Waals surface area contributed by atoms with E-state index in [0.717, 1.165) is 16.3 Å². The van der Waals surface area contributed by atoms with Crippen molar-refractivity contribution in [3.05, 3.63) is 29.3 Å². The molecule has 1 amide bonds. The van der Waals surface area contributed by atoms with Crippen LogP contribution in [0.4, 0.5) is 0 Å². The lowest BCUT2D eigenvalue weighted by Gasteiger charge is -2.28. The third kappa shape index (κ3) is 3.37. The first-order valence-electron chi connectivity index (χ1n) is 7.71. The Kier molecular flexibility index (Phi) is 4.47. The van der Waals surface area contributed by atoms with Crippen LogP contribution in [-0.4, -0.2) is 42.7 Å². The second-order valence-electron chi connectivity index (χ2n) is 6.64. The Hall–Kier alpha value is -2.12. The number of aromatic nitrogens is 1. The van der Waals surface area contributed by atoms with Gasteiger partial charge in [-0.1, -0.05) is 13.8 Å². The van der Waals surface area contributed by atoms with Crippen molar-refractivity contribution in [1.29, 1.82) is 0 Å². The predicted molar refractivity (Wildman–Crippen MR) is 93.5 cm³/mol. The van der Waals surface area contributed by atoms with Crippen LogP contribution in [0.1, 0.15) is 24.3 Å². The molecule has 128 valence electrons. The number of carbonyl (C=O) groups is 1. The summed E-state index contributed by atoms with van der Waals surface area (Å²) < 4.78 is 10.7. The molecule has 1 aromatic heterocycles. The quantitative estimate of drug-likeness (QED) is 0.899. The summed E-state index contributed by atoms with van der Waals surface area (Å²) in [5.41, 5.74) is 6.98. The summed E-state index contributed by atoms with van der Waals surface area (Å²) in [5, 5.41) is 2.57. The van der Waals surface area contributed by atoms with Crippen molar-refractivity contribution in [3.8, 4) is 22.1 Å². The van der Waals surface area contributed by atoms with Gasteiger partial charge < -0.3 is 20.1 Å². The number of nitrogens with two attached hydrogens (primary N) is 1. The molecule has 0 saturated heterocycles. The molecule has 24 heavy (non-hydrogen) atoms. The molecule has 1 aliphatic rings. The van der Waals surface area contributed by atoms with Gasteiger partial charge in [-0.05, 0) is 30.2 Å². The number of fused-ring (bicyclic) bond motifs is 1. The fourth-order valence-corrected chi connectivity index (χ4v) is 3.30. The second kappa shape index (κ2) is 6.41. The van der Waals surface area contributed by atoms with E-state index in [1.54, 1.807) is 17.3 Å². The van der Waals surface area contributed by atoms with Crippen molar-refractivity contribution >= 4 is 17.2 Å². The Balaban J connectivity index is 1.76. The maximum Gasteiger partial charge on any atom is 0.273 e. The molecule has 3 rings (SSSR count). The van der Waals surface area contributed by atoms with Gasteiger partial charge in [0.1, 0.15) is 10.7 Å². The molecule has 6 nitrogen and oxygen atoms in total. The average Bonchev–Trinajstić information content (AvgIpc) is 3.22. The Bertz CT molecular complexity index is 757. The number of thiazole rings is 1. The summed E-state index contributed by atoms with van der Waals surface area (Å²) in [5.74, 6) is 1.34. The van der Waals surface area contributed by atoms with Gasteiger partial charge in [0.2, 0.25) is 6.79 Å². The SMILES string of the molecule is CN(CC(C)(C)CN)C(=O)c1csc(-c2ccc3c(c2)OCO3)n1. The highest BCUT2D eigenvalue weighted by atomic mass is 32.1. The Labute approximate surface area is 145 Å². The summed E-state index contributed by atoms with van der Waals surface area (Å²) in [6.45, 7) is 5.41. The third-order valence-corrected chi connectivity index (χ3v) is 4.80. The van der Waals surface area contributed by atoms with Gasteiger partial charge in [-0.2, -0.15) is 0 Å². The normalized spacial score (nSPS) is 13.2. The molecular weight excluding hydrogens is 326 g/mol. The molecule has 0 fully saturated rings. The van der Waals surface area contributed by atoms with Crippen LogP contribution in [-0.2, 0) is 0 Å².